The summed E-state index contributed by atoms with van der Waals surface area (Å²) in [5.74, 6) is 5.18. The van der Waals surface area contributed by atoms with E-state index < -0.39 is 0 Å². The predicted octanol–water partition coefficient (Wildman–Crippen LogP) is 3.15. The maximum Gasteiger partial charge on any atom is 0.226 e. The Morgan fingerprint density at radius 2 is 1.60 bits per heavy atom. The number of aryl methyl sites for hydroxylation is 1. The van der Waals surface area contributed by atoms with Crippen LogP contribution < -0.4 is 0 Å². The molecule has 5 nitrogen and oxygen atoms in total. The summed E-state index contributed by atoms with van der Waals surface area (Å²) in [6, 6.07) is 0. The van der Waals surface area contributed by atoms with Crippen LogP contribution in [0.2, 0.25) is 0 Å². The van der Waals surface area contributed by atoms with E-state index in [0.717, 1.165) is 50.7 Å². The lowest BCUT2D eigenvalue weighted by Crippen LogP contribution is -2.39. The molecule has 136 valence electrons. The Morgan fingerprint density at radius 1 is 0.840 bits per heavy atom. The van der Waals surface area contributed by atoms with Gasteiger partial charge in [0.05, 0.1) is 0 Å². The largest absolute Gasteiger partial charge is 0.342 e. The molecule has 3 heterocycles. The molecular weight excluding hydrogens is 312 g/mol. The highest BCUT2D eigenvalue weighted by Crippen LogP contribution is 2.56. The average molecular weight is 342 g/mol. The molecule has 25 heavy (non-hydrogen) atoms. The molecule has 3 fully saturated rings. The average Bonchev–Trinajstić information content (AvgIpc) is 3.33. The van der Waals surface area contributed by atoms with Gasteiger partial charge >= 0.3 is 0 Å². The summed E-state index contributed by atoms with van der Waals surface area (Å²) in [6.45, 7) is 2.92. The van der Waals surface area contributed by atoms with Gasteiger partial charge in [0.2, 0.25) is 5.91 Å². The molecule has 2 saturated carbocycles. The summed E-state index contributed by atoms with van der Waals surface area (Å²) in [5, 5.41) is 9.01. The molecule has 1 aromatic heterocycles. The maximum absolute atomic E-state index is 12.9. The standard InChI is InChI=1S/C20H30N4O/c25-20(18-15-6-3-4-7-16(15)18)23-12-9-14(10-13-23)19-22-21-17-8-2-1-5-11-24(17)19/h14-16,18H,1-13H2/t15-,16-/m1/s1. The minimum atomic E-state index is 0.378. The normalized spacial score (nSPS) is 32.6. The topological polar surface area (TPSA) is 51.0 Å². The third kappa shape index (κ3) is 2.80. The number of amides is 1. The molecule has 0 radical (unpaired) electrons. The van der Waals surface area contributed by atoms with Crippen LogP contribution in [0.15, 0.2) is 0 Å². The van der Waals surface area contributed by atoms with E-state index in [-0.39, 0.29) is 0 Å². The fraction of sp³-hybridized carbons (Fsp3) is 0.850. The van der Waals surface area contributed by atoms with Crippen molar-refractivity contribution in [3.05, 3.63) is 11.6 Å². The van der Waals surface area contributed by atoms with E-state index in [2.05, 4.69) is 19.7 Å². The van der Waals surface area contributed by atoms with Crippen molar-refractivity contribution in [2.75, 3.05) is 13.1 Å². The lowest BCUT2D eigenvalue weighted by atomic mass is 9.95. The SMILES string of the molecule is O=C(C1[C@@H]2CCCC[C@@H]12)N1CCC(c2nnc3n2CCCCC3)CC1. The van der Waals surface area contributed by atoms with E-state index in [9.17, 15) is 4.79 Å². The summed E-state index contributed by atoms with van der Waals surface area (Å²) >= 11 is 0. The molecule has 0 bridgehead atoms. The first-order valence-electron chi connectivity index (χ1n) is 10.5. The summed E-state index contributed by atoms with van der Waals surface area (Å²) < 4.78 is 2.39. The zero-order valence-corrected chi connectivity index (χ0v) is 15.2. The van der Waals surface area contributed by atoms with Gasteiger partial charge in [0.15, 0.2) is 0 Å². The third-order valence-corrected chi connectivity index (χ3v) is 7.25. The molecule has 2 aliphatic heterocycles. The molecule has 0 aromatic carbocycles. The second kappa shape index (κ2) is 6.40. The molecule has 5 rings (SSSR count). The molecule has 0 N–H and O–H groups in total. The Labute approximate surface area is 150 Å². The van der Waals surface area contributed by atoms with Crippen molar-refractivity contribution in [3.63, 3.8) is 0 Å². The Balaban J connectivity index is 1.22. The fourth-order valence-electron chi connectivity index (χ4n) is 5.74. The van der Waals surface area contributed by atoms with Crippen molar-refractivity contribution in [2.45, 2.75) is 76.7 Å². The number of fused-ring (bicyclic) bond motifs is 2. The van der Waals surface area contributed by atoms with Crippen molar-refractivity contribution < 1.29 is 4.79 Å². The quantitative estimate of drug-likeness (QED) is 0.829. The summed E-state index contributed by atoms with van der Waals surface area (Å²) in [5.41, 5.74) is 0. The van der Waals surface area contributed by atoms with Crippen LogP contribution in [0.4, 0.5) is 0 Å². The van der Waals surface area contributed by atoms with Gasteiger partial charge in [0, 0.05) is 37.9 Å². The second-order valence-corrected chi connectivity index (χ2v) is 8.67. The van der Waals surface area contributed by atoms with E-state index >= 15 is 0 Å². The van der Waals surface area contributed by atoms with Gasteiger partial charge in [-0.05, 0) is 50.4 Å². The highest BCUT2D eigenvalue weighted by atomic mass is 16.2. The zero-order chi connectivity index (χ0) is 16.8. The lowest BCUT2D eigenvalue weighted by molar-refractivity contribution is -0.134. The van der Waals surface area contributed by atoms with E-state index in [1.165, 1.54) is 56.6 Å². The van der Waals surface area contributed by atoms with Crippen molar-refractivity contribution in [3.8, 4) is 0 Å². The molecule has 0 spiro atoms. The van der Waals surface area contributed by atoms with Crippen LogP contribution in [-0.2, 0) is 17.8 Å². The van der Waals surface area contributed by atoms with Crippen LogP contribution in [0.3, 0.4) is 0 Å². The van der Waals surface area contributed by atoms with Gasteiger partial charge < -0.3 is 9.47 Å². The van der Waals surface area contributed by atoms with Gasteiger partial charge in [0.1, 0.15) is 11.6 Å². The van der Waals surface area contributed by atoms with E-state index in [0.29, 0.717) is 17.7 Å². The smallest absolute Gasteiger partial charge is 0.226 e. The van der Waals surface area contributed by atoms with Gasteiger partial charge in [-0.3, -0.25) is 4.79 Å². The minimum Gasteiger partial charge on any atom is -0.342 e. The fourth-order valence-corrected chi connectivity index (χ4v) is 5.74. The van der Waals surface area contributed by atoms with Crippen LogP contribution in [0.1, 0.15) is 75.4 Å². The number of carbonyl (C=O) groups is 1. The summed E-state index contributed by atoms with van der Waals surface area (Å²) in [7, 11) is 0. The number of hydrogen-bond donors (Lipinski definition) is 0. The van der Waals surface area contributed by atoms with Crippen molar-refractivity contribution in [1.82, 2.24) is 19.7 Å². The van der Waals surface area contributed by atoms with Crippen molar-refractivity contribution in [2.24, 2.45) is 17.8 Å². The molecular formula is C20H30N4O. The molecule has 5 heteroatoms. The van der Waals surface area contributed by atoms with Crippen LogP contribution in [0, 0.1) is 17.8 Å². The minimum absolute atomic E-state index is 0.378. The van der Waals surface area contributed by atoms with Gasteiger partial charge in [-0.2, -0.15) is 0 Å². The number of piperidine rings is 1. The lowest BCUT2D eigenvalue weighted by Gasteiger charge is -2.32. The van der Waals surface area contributed by atoms with Gasteiger partial charge in [-0.15, -0.1) is 10.2 Å². The van der Waals surface area contributed by atoms with Crippen LogP contribution >= 0.6 is 0 Å². The van der Waals surface area contributed by atoms with E-state index in [4.69, 9.17) is 0 Å². The molecule has 4 aliphatic rings. The Kier molecular flexibility index (Phi) is 4.05. The van der Waals surface area contributed by atoms with Crippen LogP contribution in [0.5, 0.6) is 0 Å². The number of likely N-dealkylation sites (tertiary alicyclic amines) is 1. The summed E-state index contributed by atoms with van der Waals surface area (Å²) in [4.78, 5) is 15.1. The molecule has 2 atom stereocenters. The Hall–Kier alpha value is -1.39. The van der Waals surface area contributed by atoms with E-state index in [1.807, 2.05) is 0 Å². The molecule has 1 amide bonds. The van der Waals surface area contributed by atoms with Gasteiger partial charge in [-0.25, -0.2) is 0 Å². The van der Waals surface area contributed by atoms with Gasteiger partial charge in [-0.1, -0.05) is 19.3 Å². The number of rotatable bonds is 2. The Bertz CT molecular complexity index is 634. The van der Waals surface area contributed by atoms with Crippen molar-refractivity contribution >= 4 is 5.91 Å². The number of carbonyl (C=O) groups excluding carboxylic acids is 1. The maximum atomic E-state index is 12.9. The first-order chi connectivity index (χ1) is 12.3. The van der Waals surface area contributed by atoms with Crippen LogP contribution in [-0.4, -0.2) is 38.7 Å². The first kappa shape index (κ1) is 15.8. The molecule has 2 aliphatic carbocycles. The van der Waals surface area contributed by atoms with Gasteiger partial charge in [0.25, 0.3) is 0 Å². The highest BCUT2D eigenvalue weighted by molar-refractivity contribution is 5.82. The number of nitrogens with zero attached hydrogens (tertiary/aromatic N) is 4. The highest BCUT2D eigenvalue weighted by Gasteiger charge is 2.55. The second-order valence-electron chi connectivity index (χ2n) is 8.67. The Morgan fingerprint density at radius 3 is 2.36 bits per heavy atom. The molecule has 1 saturated heterocycles. The zero-order valence-electron chi connectivity index (χ0n) is 15.2. The first-order valence-corrected chi connectivity index (χ1v) is 10.5. The summed E-state index contributed by atoms with van der Waals surface area (Å²) in [6.07, 6.45) is 12.3. The van der Waals surface area contributed by atoms with Crippen LogP contribution in [0.25, 0.3) is 0 Å². The number of aromatic nitrogens is 3. The number of hydrogen-bond acceptors (Lipinski definition) is 3. The molecule has 0 unspecified atom stereocenters. The van der Waals surface area contributed by atoms with Crippen molar-refractivity contribution in [1.29, 1.82) is 0 Å². The molecule has 1 aromatic rings. The monoisotopic (exact) mass is 342 g/mol. The third-order valence-electron chi connectivity index (χ3n) is 7.25. The van der Waals surface area contributed by atoms with E-state index in [1.54, 1.807) is 0 Å². The predicted molar refractivity (Wildman–Crippen MR) is 95.1 cm³/mol.